The van der Waals surface area contributed by atoms with Gasteiger partial charge in [-0.05, 0) is 42.2 Å². The van der Waals surface area contributed by atoms with Crippen molar-refractivity contribution in [3.8, 4) is 0 Å². The van der Waals surface area contributed by atoms with E-state index in [2.05, 4.69) is 20.3 Å². The number of hydrogen-bond acceptors (Lipinski definition) is 6. The number of primary amides is 1. The number of carbonyl (C=O) groups is 1. The monoisotopic (exact) mass is 474 g/mol. The Labute approximate surface area is 193 Å². The van der Waals surface area contributed by atoms with Gasteiger partial charge in [0.25, 0.3) is 0 Å². The van der Waals surface area contributed by atoms with Crippen LogP contribution < -0.4 is 16.0 Å². The molecule has 1 amide bonds. The molecule has 2 aromatic heterocycles. The second-order valence-corrected chi connectivity index (χ2v) is 8.07. The van der Waals surface area contributed by atoms with Gasteiger partial charge in [0.05, 0.1) is 12.0 Å². The van der Waals surface area contributed by atoms with Gasteiger partial charge < -0.3 is 16.0 Å². The minimum absolute atomic E-state index is 0.00396. The van der Waals surface area contributed by atoms with Crippen molar-refractivity contribution in [2.75, 3.05) is 10.2 Å². The average Bonchev–Trinajstić information content (AvgIpc) is 3.63. The summed E-state index contributed by atoms with van der Waals surface area (Å²) in [4.78, 5) is 25.0. The van der Waals surface area contributed by atoms with Crippen molar-refractivity contribution < 1.29 is 22.4 Å². The predicted octanol–water partition coefficient (Wildman–Crippen LogP) is 3.84. The van der Waals surface area contributed by atoms with Gasteiger partial charge in [0.2, 0.25) is 11.7 Å². The van der Waals surface area contributed by atoms with Gasteiger partial charge in [-0.3, -0.25) is 9.78 Å². The summed E-state index contributed by atoms with van der Waals surface area (Å²) in [6.45, 7) is 0.459. The highest BCUT2D eigenvalue weighted by molar-refractivity contribution is 5.76. The van der Waals surface area contributed by atoms with E-state index in [1.54, 1.807) is 23.2 Å². The van der Waals surface area contributed by atoms with Crippen molar-refractivity contribution in [3.05, 3.63) is 77.1 Å². The molecule has 7 nitrogen and oxygen atoms in total. The van der Waals surface area contributed by atoms with E-state index in [9.17, 15) is 18.0 Å². The summed E-state index contributed by atoms with van der Waals surface area (Å²) in [6.07, 6.45) is 0.120. The van der Waals surface area contributed by atoms with Crippen LogP contribution in [0.2, 0.25) is 0 Å². The van der Waals surface area contributed by atoms with Crippen molar-refractivity contribution in [2.45, 2.75) is 44.6 Å². The molecule has 1 aliphatic rings. The van der Waals surface area contributed by atoms with Gasteiger partial charge in [0, 0.05) is 31.0 Å². The van der Waals surface area contributed by atoms with E-state index in [1.165, 1.54) is 18.5 Å². The molecule has 34 heavy (non-hydrogen) atoms. The number of pyridine rings is 1. The fourth-order valence-electron chi connectivity index (χ4n) is 3.47. The Hall–Kier alpha value is -3.76. The van der Waals surface area contributed by atoms with Crippen molar-refractivity contribution in [2.24, 2.45) is 5.73 Å². The summed E-state index contributed by atoms with van der Waals surface area (Å²) >= 11 is 0. The van der Waals surface area contributed by atoms with Crippen LogP contribution in [-0.2, 0) is 30.5 Å². The van der Waals surface area contributed by atoms with E-state index in [0.29, 0.717) is 11.3 Å². The largest absolute Gasteiger partial charge is 0.416 e. The Balaban J connectivity index is 1.47. The van der Waals surface area contributed by atoms with E-state index in [1.807, 2.05) is 0 Å². The van der Waals surface area contributed by atoms with E-state index in [-0.39, 0.29) is 37.2 Å². The first kappa shape index (κ1) is 23.4. The molecule has 0 bridgehead atoms. The first-order valence-electron chi connectivity index (χ1n) is 10.6. The van der Waals surface area contributed by atoms with Gasteiger partial charge >= 0.3 is 6.18 Å². The number of amides is 1. The number of hydrogen-bond donors (Lipinski definition) is 2. The predicted molar refractivity (Wildman–Crippen MR) is 117 cm³/mol. The standard InChI is InChI=1S/C23H22F4N6O/c24-20-21(30-11-15-3-6-17(29-10-15)9-19(28)34)31-13-32-22(20)33(18-7-8-18)12-14-1-4-16(5-2-14)23(25,26)27/h1-6,10,13,18H,7-9,11-12H2,(H2,28,34)(H,30,31,32). The first-order chi connectivity index (χ1) is 16.2. The lowest BCUT2D eigenvalue weighted by Crippen LogP contribution is -2.27. The molecule has 0 atom stereocenters. The molecule has 0 saturated heterocycles. The van der Waals surface area contributed by atoms with Crippen molar-refractivity contribution >= 4 is 17.5 Å². The molecule has 0 aliphatic heterocycles. The lowest BCUT2D eigenvalue weighted by atomic mass is 10.1. The lowest BCUT2D eigenvalue weighted by molar-refractivity contribution is -0.137. The third-order valence-corrected chi connectivity index (χ3v) is 5.37. The normalized spacial score (nSPS) is 13.5. The topological polar surface area (TPSA) is 97.0 Å². The van der Waals surface area contributed by atoms with Crippen LogP contribution in [0.5, 0.6) is 0 Å². The van der Waals surface area contributed by atoms with Crippen LogP contribution in [0.4, 0.5) is 29.2 Å². The number of nitrogens with one attached hydrogen (secondary N) is 1. The molecular formula is C23H22F4N6O. The number of halogens is 4. The van der Waals surface area contributed by atoms with Gasteiger partial charge in [-0.2, -0.15) is 17.6 Å². The number of nitrogens with zero attached hydrogens (tertiary/aromatic N) is 4. The van der Waals surface area contributed by atoms with E-state index >= 15 is 4.39 Å². The van der Waals surface area contributed by atoms with Crippen LogP contribution in [-0.4, -0.2) is 26.9 Å². The van der Waals surface area contributed by atoms with Crippen molar-refractivity contribution in [1.82, 2.24) is 15.0 Å². The third-order valence-electron chi connectivity index (χ3n) is 5.37. The number of rotatable bonds is 9. The summed E-state index contributed by atoms with van der Waals surface area (Å²) < 4.78 is 53.8. The molecular weight excluding hydrogens is 452 g/mol. The molecule has 4 rings (SSSR count). The fourth-order valence-corrected chi connectivity index (χ4v) is 3.47. The Morgan fingerprint density at radius 1 is 1.06 bits per heavy atom. The first-order valence-corrected chi connectivity index (χ1v) is 10.6. The number of anilines is 2. The highest BCUT2D eigenvalue weighted by atomic mass is 19.4. The molecule has 0 spiro atoms. The number of benzene rings is 1. The maximum atomic E-state index is 15.3. The lowest BCUT2D eigenvalue weighted by Gasteiger charge is -2.24. The van der Waals surface area contributed by atoms with Crippen LogP contribution in [0.15, 0.2) is 48.9 Å². The Morgan fingerprint density at radius 2 is 1.76 bits per heavy atom. The summed E-state index contributed by atoms with van der Waals surface area (Å²) in [5.74, 6) is -1.02. The molecule has 1 aromatic carbocycles. The average molecular weight is 474 g/mol. The van der Waals surface area contributed by atoms with Crippen LogP contribution in [0.25, 0.3) is 0 Å². The molecule has 1 fully saturated rings. The highest BCUT2D eigenvalue weighted by Crippen LogP contribution is 2.35. The molecule has 1 aliphatic carbocycles. The van der Waals surface area contributed by atoms with Gasteiger partial charge in [0.1, 0.15) is 6.33 Å². The highest BCUT2D eigenvalue weighted by Gasteiger charge is 2.33. The zero-order valence-electron chi connectivity index (χ0n) is 18.0. The zero-order valence-corrected chi connectivity index (χ0v) is 18.0. The Morgan fingerprint density at radius 3 is 2.35 bits per heavy atom. The molecule has 11 heteroatoms. The maximum absolute atomic E-state index is 15.3. The molecule has 0 unspecified atom stereocenters. The second-order valence-electron chi connectivity index (χ2n) is 8.07. The minimum Gasteiger partial charge on any atom is -0.369 e. The van der Waals surface area contributed by atoms with Gasteiger partial charge in [-0.1, -0.05) is 18.2 Å². The fraction of sp³-hybridized carbons (Fsp3) is 0.304. The SMILES string of the molecule is NC(=O)Cc1ccc(CNc2ncnc(N(Cc3ccc(C(F)(F)F)cc3)C3CC3)c2F)cn1. The summed E-state index contributed by atoms with van der Waals surface area (Å²) in [5, 5.41) is 2.92. The number of aromatic nitrogens is 3. The Kier molecular flexibility index (Phi) is 6.62. The molecule has 0 radical (unpaired) electrons. The van der Waals surface area contributed by atoms with Crippen LogP contribution >= 0.6 is 0 Å². The van der Waals surface area contributed by atoms with Crippen LogP contribution in [0.1, 0.15) is 35.2 Å². The van der Waals surface area contributed by atoms with E-state index in [4.69, 9.17) is 5.73 Å². The number of nitrogens with two attached hydrogens (primary N) is 1. The van der Waals surface area contributed by atoms with Gasteiger partial charge in [-0.15, -0.1) is 0 Å². The van der Waals surface area contributed by atoms with Crippen molar-refractivity contribution in [1.29, 1.82) is 0 Å². The van der Waals surface area contributed by atoms with Crippen molar-refractivity contribution in [3.63, 3.8) is 0 Å². The van der Waals surface area contributed by atoms with Gasteiger partial charge in [0.15, 0.2) is 11.6 Å². The summed E-state index contributed by atoms with van der Waals surface area (Å²) in [6, 6.07) is 8.30. The molecule has 1 saturated carbocycles. The van der Waals surface area contributed by atoms with Crippen LogP contribution in [0.3, 0.4) is 0 Å². The molecule has 3 aromatic rings. The summed E-state index contributed by atoms with van der Waals surface area (Å²) in [5.41, 5.74) is 6.33. The van der Waals surface area contributed by atoms with Gasteiger partial charge in [-0.25, -0.2) is 9.97 Å². The number of alkyl halides is 3. The Bertz CT molecular complexity index is 1150. The third kappa shape index (κ3) is 5.77. The van der Waals surface area contributed by atoms with Crippen LogP contribution in [0, 0.1) is 5.82 Å². The smallest absolute Gasteiger partial charge is 0.369 e. The maximum Gasteiger partial charge on any atom is 0.416 e. The second kappa shape index (κ2) is 9.62. The molecule has 178 valence electrons. The number of carbonyl (C=O) groups excluding carboxylic acids is 1. The molecule has 2 heterocycles. The minimum atomic E-state index is -4.41. The molecule has 3 N–H and O–H groups in total. The summed E-state index contributed by atoms with van der Waals surface area (Å²) in [7, 11) is 0. The van der Waals surface area contributed by atoms with E-state index < -0.39 is 23.5 Å². The quantitative estimate of drug-likeness (QED) is 0.458. The zero-order chi connectivity index (χ0) is 24.3. The van der Waals surface area contributed by atoms with E-state index in [0.717, 1.165) is 30.5 Å².